The Balaban J connectivity index is 1.97. The molecule has 3 rings (SSSR count). The van der Waals surface area contributed by atoms with Gasteiger partial charge in [0.25, 0.3) is 0 Å². The number of thiocarbonyl (C=S) groups is 1. The zero-order chi connectivity index (χ0) is 12.9. The lowest BCUT2D eigenvalue weighted by atomic mass is 10.1. The Kier molecular flexibility index (Phi) is 2.97. The van der Waals surface area contributed by atoms with Gasteiger partial charge in [0, 0.05) is 10.2 Å². The van der Waals surface area contributed by atoms with Crippen LogP contribution < -0.4 is 10.2 Å². The van der Waals surface area contributed by atoms with Gasteiger partial charge in [0.15, 0.2) is 16.6 Å². The van der Waals surface area contributed by atoms with Crippen molar-refractivity contribution in [2.24, 2.45) is 0 Å². The van der Waals surface area contributed by atoms with Crippen molar-refractivity contribution in [2.45, 2.75) is 12.1 Å². The van der Waals surface area contributed by atoms with E-state index in [1.807, 2.05) is 29.2 Å². The smallest absolute Gasteiger partial charge is 0.218 e. The summed E-state index contributed by atoms with van der Waals surface area (Å²) in [6.07, 6.45) is 0. The molecule has 0 bridgehead atoms. The molecular weight excluding hydrogens is 336 g/mol. The number of hydrogen-bond donors (Lipinski definition) is 2. The van der Waals surface area contributed by atoms with Gasteiger partial charge in [-0.3, -0.25) is 0 Å². The first-order chi connectivity index (χ1) is 8.46. The van der Waals surface area contributed by atoms with Crippen LogP contribution in [0.4, 0.5) is 5.69 Å². The van der Waals surface area contributed by atoms with E-state index in [2.05, 4.69) is 21.2 Å². The Hall–Kier alpha value is -0.500. The molecular formula is C11H12BrN2O2S2+. The van der Waals surface area contributed by atoms with E-state index in [0.717, 1.165) is 10.2 Å². The normalized spacial score (nSPS) is 34.6. The molecule has 0 aromatic heterocycles. The lowest BCUT2D eigenvalue weighted by Crippen LogP contribution is -2.37. The zero-order valence-corrected chi connectivity index (χ0v) is 12.6. The van der Waals surface area contributed by atoms with Gasteiger partial charge in [0.05, 0.1) is 0 Å². The summed E-state index contributed by atoms with van der Waals surface area (Å²) in [6, 6.07) is 7.75. The highest BCUT2D eigenvalue weighted by atomic mass is 79.9. The summed E-state index contributed by atoms with van der Waals surface area (Å²) in [5.41, 5.74) is 0.950. The van der Waals surface area contributed by atoms with Crippen molar-refractivity contribution < 1.29 is 8.76 Å². The van der Waals surface area contributed by atoms with E-state index < -0.39 is 10.2 Å². The second-order valence-electron chi connectivity index (χ2n) is 4.58. The summed E-state index contributed by atoms with van der Waals surface area (Å²) < 4.78 is 22.5. The van der Waals surface area contributed by atoms with Gasteiger partial charge in [-0.15, -0.1) is 0 Å². The molecule has 1 aromatic rings. The van der Waals surface area contributed by atoms with E-state index in [1.54, 1.807) is 0 Å². The summed E-state index contributed by atoms with van der Waals surface area (Å²) in [7, 11) is -2.71. The van der Waals surface area contributed by atoms with E-state index in [4.69, 9.17) is 12.2 Å². The predicted octanol–water partition coefficient (Wildman–Crippen LogP) is 1.87. The SMILES string of the molecule is O=[S+]1(O)C[C@H]2NC(=S)N(c3cccc(Br)c3)[C@H]2C1. The first kappa shape index (κ1) is 12.5. The van der Waals surface area contributed by atoms with Crippen molar-refractivity contribution in [3.05, 3.63) is 28.7 Å². The molecule has 1 unspecified atom stereocenters. The van der Waals surface area contributed by atoms with Crippen molar-refractivity contribution in [3.63, 3.8) is 0 Å². The van der Waals surface area contributed by atoms with Crippen molar-refractivity contribution in [1.82, 2.24) is 5.32 Å². The van der Waals surface area contributed by atoms with Crippen LogP contribution in [-0.4, -0.2) is 33.3 Å². The molecule has 96 valence electrons. The number of hydrogen-bond acceptors (Lipinski definition) is 2. The lowest BCUT2D eigenvalue weighted by molar-refractivity contribution is 0.502. The van der Waals surface area contributed by atoms with Crippen LogP contribution in [0.2, 0.25) is 0 Å². The van der Waals surface area contributed by atoms with E-state index in [9.17, 15) is 8.76 Å². The third-order valence-corrected chi connectivity index (χ3v) is 5.83. The highest BCUT2D eigenvalue weighted by Gasteiger charge is 2.54. The number of halogens is 1. The standard InChI is InChI=1S/C11H11BrN2O2S2/c12-7-2-1-3-8(4-7)14-10-6-18(15,16)5-9(10)13-11(14)17/h1-4,9-10H,5-6H2,(H-,13,15,16,17)/p+1/t9-,10+/m1/s1. The molecule has 0 aliphatic carbocycles. The molecule has 2 aliphatic heterocycles. The minimum absolute atomic E-state index is 0.0195. The summed E-state index contributed by atoms with van der Waals surface area (Å²) in [6.45, 7) is 0. The van der Waals surface area contributed by atoms with E-state index in [-0.39, 0.29) is 23.6 Å². The Labute approximate surface area is 120 Å². The maximum atomic E-state index is 11.8. The maximum absolute atomic E-state index is 11.8. The zero-order valence-electron chi connectivity index (χ0n) is 9.38. The molecule has 3 atom stereocenters. The highest BCUT2D eigenvalue weighted by Crippen LogP contribution is 2.32. The van der Waals surface area contributed by atoms with Gasteiger partial charge in [0.2, 0.25) is 10.2 Å². The Morgan fingerprint density at radius 2 is 2.28 bits per heavy atom. The molecule has 7 heteroatoms. The molecule has 2 saturated heterocycles. The molecule has 0 saturated carbocycles. The van der Waals surface area contributed by atoms with Gasteiger partial charge in [0.1, 0.15) is 12.1 Å². The molecule has 4 nitrogen and oxygen atoms in total. The molecule has 1 aromatic carbocycles. The fraction of sp³-hybridized carbons (Fsp3) is 0.364. The second-order valence-corrected chi connectivity index (χ2v) is 8.09. The Bertz CT molecular complexity index is 566. The summed E-state index contributed by atoms with van der Waals surface area (Å²) in [5, 5.41) is 3.78. The first-order valence-corrected chi connectivity index (χ1v) is 8.59. The first-order valence-electron chi connectivity index (χ1n) is 5.53. The van der Waals surface area contributed by atoms with Gasteiger partial charge in [-0.05, 0) is 30.4 Å². The molecule has 2 heterocycles. The predicted molar refractivity (Wildman–Crippen MR) is 80.3 cm³/mol. The van der Waals surface area contributed by atoms with Crippen molar-refractivity contribution in [3.8, 4) is 0 Å². The number of nitrogens with zero attached hydrogens (tertiary/aromatic N) is 1. The molecule has 0 radical (unpaired) electrons. The van der Waals surface area contributed by atoms with Crippen molar-refractivity contribution >= 4 is 49.2 Å². The summed E-state index contributed by atoms with van der Waals surface area (Å²) >= 11 is 8.75. The quantitative estimate of drug-likeness (QED) is 0.600. The fourth-order valence-corrected chi connectivity index (χ4v) is 5.25. The van der Waals surface area contributed by atoms with Crippen molar-refractivity contribution in [1.29, 1.82) is 0 Å². The van der Waals surface area contributed by atoms with Gasteiger partial charge in [-0.1, -0.05) is 26.2 Å². The van der Waals surface area contributed by atoms with Gasteiger partial charge >= 0.3 is 0 Å². The van der Waals surface area contributed by atoms with Crippen LogP contribution in [0.1, 0.15) is 0 Å². The summed E-state index contributed by atoms with van der Waals surface area (Å²) in [5.74, 6) is 0.555. The van der Waals surface area contributed by atoms with Gasteiger partial charge < -0.3 is 10.2 Å². The highest BCUT2D eigenvalue weighted by molar-refractivity contribution is 9.10. The van der Waals surface area contributed by atoms with E-state index >= 15 is 0 Å². The molecule has 2 N–H and O–H groups in total. The van der Waals surface area contributed by atoms with E-state index in [0.29, 0.717) is 5.11 Å². The van der Waals surface area contributed by atoms with Crippen LogP contribution in [0, 0.1) is 0 Å². The third-order valence-electron chi connectivity index (χ3n) is 3.28. The molecule has 2 aliphatic rings. The Morgan fingerprint density at radius 3 is 3.00 bits per heavy atom. The topological polar surface area (TPSA) is 52.6 Å². The second kappa shape index (κ2) is 4.26. The summed E-state index contributed by atoms with van der Waals surface area (Å²) in [4.78, 5) is 1.95. The molecule has 0 amide bonds. The maximum Gasteiger partial charge on any atom is 0.218 e. The largest absolute Gasteiger partial charge is 0.352 e. The van der Waals surface area contributed by atoms with Crippen LogP contribution >= 0.6 is 28.1 Å². The Morgan fingerprint density at radius 1 is 1.50 bits per heavy atom. The van der Waals surface area contributed by atoms with Crippen LogP contribution in [-0.2, 0) is 14.4 Å². The molecule has 0 spiro atoms. The van der Waals surface area contributed by atoms with Crippen LogP contribution in [0.5, 0.6) is 0 Å². The fourth-order valence-electron chi connectivity index (χ4n) is 2.55. The molecule has 18 heavy (non-hydrogen) atoms. The third kappa shape index (κ3) is 2.09. The number of fused-ring (bicyclic) bond motifs is 1. The number of rotatable bonds is 1. The van der Waals surface area contributed by atoms with Gasteiger partial charge in [-0.2, -0.15) is 4.55 Å². The number of anilines is 1. The molecule has 2 fully saturated rings. The van der Waals surface area contributed by atoms with E-state index in [1.165, 1.54) is 0 Å². The minimum atomic E-state index is -2.71. The number of nitrogens with one attached hydrogen (secondary N) is 1. The van der Waals surface area contributed by atoms with Crippen LogP contribution in [0.3, 0.4) is 0 Å². The number of benzene rings is 1. The lowest BCUT2D eigenvalue weighted by Gasteiger charge is -2.22. The average molecular weight is 348 g/mol. The monoisotopic (exact) mass is 347 g/mol. The minimum Gasteiger partial charge on any atom is -0.352 e. The van der Waals surface area contributed by atoms with Crippen molar-refractivity contribution in [2.75, 3.05) is 16.4 Å². The van der Waals surface area contributed by atoms with Crippen LogP contribution in [0.25, 0.3) is 0 Å². The average Bonchev–Trinajstić information content (AvgIpc) is 2.68. The van der Waals surface area contributed by atoms with Gasteiger partial charge in [-0.25, -0.2) is 0 Å². The van der Waals surface area contributed by atoms with Crippen LogP contribution in [0.15, 0.2) is 28.7 Å².